The van der Waals surface area contributed by atoms with Crippen molar-refractivity contribution >= 4 is 0 Å². The van der Waals surface area contributed by atoms with Crippen LogP contribution in [-0.2, 0) is 6.54 Å². The molecule has 1 N–H and O–H groups in total. The van der Waals surface area contributed by atoms with E-state index in [2.05, 4.69) is 42.3 Å². The van der Waals surface area contributed by atoms with Crippen molar-refractivity contribution in [2.75, 3.05) is 20.2 Å². The fourth-order valence-electron chi connectivity index (χ4n) is 2.92. The number of likely N-dealkylation sites (tertiary alicyclic amines) is 1. The molecule has 3 nitrogen and oxygen atoms in total. The van der Waals surface area contributed by atoms with E-state index in [-0.39, 0.29) is 0 Å². The summed E-state index contributed by atoms with van der Waals surface area (Å²) in [5.41, 5.74) is 1.30. The van der Waals surface area contributed by atoms with E-state index in [0.717, 1.165) is 18.8 Å². The minimum absolute atomic E-state index is 0.560. The van der Waals surface area contributed by atoms with Gasteiger partial charge in [0.15, 0.2) is 0 Å². The van der Waals surface area contributed by atoms with Gasteiger partial charge in [0.1, 0.15) is 5.75 Å². The average Bonchev–Trinajstić information content (AvgIpc) is 2.47. The van der Waals surface area contributed by atoms with Gasteiger partial charge >= 0.3 is 0 Å². The molecule has 0 amide bonds. The van der Waals surface area contributed by atoms with Crippen molar-refractivity contribution in [3.63, 3.8) is 0 Å². The van der Waals surface area contributed by atoms with Crippen LogP contribution in [0.25, 0.3) is 0 Å². The molecule has 1 saturated heterocycles. The van der Waals surface area contributed by atoms with Crippen molar-refractivity contribution in [3.05, 3.63) is 29.8 Å². The summed E-state index contributed by atoms with van der Waals surface area (Å²) in [7, 11) is 1.76. The van der Waals surface area contributed by atoms with Crippen LogP contribution in [0.5, 0.6) is 5.75 Å². The monoisotopic (exact) mass is 276 g/mol. The van der Waals surface area contributed by atoms with E-state index < -0.39 is 0 Å². The Kier molecular flexibility index (Phi) is 5.86. The number of hydrogen-bond donors (Lipinski definition) is 1. The average molecular weight is 276 g/mol. The zero-order valence-electron chi connectivity index (χ0n) is 13.1. The van der Waals surface area contributed by atoms with E-state index in [9.17, 15) is 0 Å². The lowest BCUT2D eigenvalue weighted by atomic mass is 10.0. The highest BCUT2D eigenvalue weighted by atomic mass is 16.5. The number of para-hydroxylation sites is 1. The topological polar surface area (TPSA) is 24.5 Å². The van der Waals surface area contributed by atoms with Crippen molar-refractivity contribution in [1.82, 2.24) is 10.2 Å². The first-order chi connectivity index (χ1) is 9.70. The Labute approximate surface area is 123 Å². The lowest BCUT2D eigenvalue weighted by Crippen LogP contribution is -2.46. The molecule has 1 aromatic rings. The van der Waals surface area contributed by atoms with Crippen LogP contribution in [0.3, 0.4) is 0 Å². The van der Waals surface area contributed by atoms with E-state index in [0.29, 0.717) is 12.1 Å². The quantitative estimate of drug-likeness (QED) is 0.864. The van der Waals surface area contributed by atoms with Gasteiger partial charge in [-0.2, -0.15) is 0 Å². The summed E-state index contributed by atoms with van der Waals surface area (Å²) in [6, 6.07) is 9.58. The molecule has 112 valence electrons. The minimum Gasteiger partial charge on any atom is -0.496 e. The van der Waals surface area contributed by atoms with Crippen molar-refractivity contribution in [2.45, 2.75) is 51.7 Å². The molecule has 1 fully saturated rings. The Morgan fingerprint density at radius 1 is 1.30 bits per heavy atom. The van der Waals surface area contributed by atoms with E-state index in [1.165, 1.54) is 31.4 Å². The van der Waals surface area contributed by atoms with Crippen LogP contribution in [0.15, 0.2) is 24.3 Å². The zero-order valence-corrected chi connectivity index (χ0v) is 13.1. The summed E-state index contributed by atoms with van der Waals surface area (Å²) in [6.45, 7) is 7.71. The van der Waals surface area contributed by atoms with Crippen LogP contribution in [0.1, 0.15) is 38.7 Å². The van der Waals surface area contributed by atoms with Gasteiger partial charge in [0.25, 0.3) is 0 Å². The van der Waals surface area contributed by atoms with Crippen LogP contribution >= 0.6 is 0 Å². The zero-order chi connectivity index (χ0) is 14.4. The summed E-state index contributed by atoms with van der Waals surface area (Å²) < 4.78 is 5.48. The molecule has 3 heteroatoms. The van der Waals surface area contributed by atoms with E-state index in [1.807, 2.05) is 6.07 Å². The van der Waals surface area contributed by atoms with Crippen molar-refractivity contribution in [3.8, 4) is 5.75 Å². The predicted molar refractivity (Wildman–Crippen MR) is 84.2 cm³/mol. The maximum absolute atomic E-state index is 5.48. The number of nitrogens with one attached hydrogen (secondary N) is 1. The van der Waals surface area contributed by atoms with Gasteiger partial charge in [-0.25, -0.2) is 0 Å². The number of benzene rings is 1. The van der Waals surface area contributed by atoms with Gasteiger partial charge in [-0.15, -0.1) is 0 Å². The largest absolute Gasteiger partial charge is 0.496 e. The number of rotatable bonds is 6. The second kappa shape index (κ2) is 7.65. The molecule has 1 aliphatic heterocycles. The first kappa shape index (κ1) is 15.3. The molecule has 1 heterocycles. The number of ether oxygens (including phenoxy) is 1. The first-order valence-corrected chi connectivity index (χ1v) is 7.80. The summed E-state index contributed by atoms with van der Waals surface area (Å²) in [5, 5.41) is 3.59. The van der Waals surface area contributed by atoms with Gasteiger partial charge < -0.3 is 10.1 Å². The first-order valence-electron chi connectivity index (χ1n) is 7.80. The van der Waals surface area contributed by atoms with Crippen LogP contribution in [0, 0.1) is 0 Å². The molecular formula is C17H28N2O. The molecule has 0 aromatic heterocycles. The van der Waals surface area contributed by atoms with Crippen LogP contribution in [0.4, 0.5) is 0 Å². The molecule has 1 atom stereocenters. The van der Waals surface area contributed by atoms with Gasteiger partial charge in [0.05, 0.1) is 7.11 Å². The smallest absolute Gasteiger partial charge is 0.123 e. The van der Waals surface area contributed by atoms with Crippen molar-refractivity contribution in [2.24, 2.45) is 0 Å². The molecule has 0 radical (unpaired) electrons. The third-order valence-electron chi connectivity index (χ3n) is 4.08. The molecule has 0 spiro atoms. The number of hydrogen-bond acceptors (Lipinski definition) is 3. The molecule has 1 aliphatic rings. The number of methoxy groups -OCH3 is 1. The molecule has 20 heavy (non-hydrogen) atoms. The Balaban J connectivity index is 2.00. The van der Waals surface area contributed by atoms with Gasteiger partial charge in [0, 0.05) is 30.7 Å². The third-order valence-corrected chi connectivity index (χ3v) is 4.08. The second-order valence-electron chi connectivity index (χ2n) is 5.99. The maximum atomic E-state index is 5.48. The van der Waals surface area contributed by atoms with Crippen LogP contribution < -0.4 is 10.1 Å². The third kappa shape index (κ3) is 4.22. The van der Waals surface area contributed by atoms with E-state index in [1.54, 1.807) is 7.11 Å². The number of nitrogens with zero attached hydrogens (tertiary/aromatic N) is 1. The summed E-state index contributed by atoms with van der Waals surface area (Å²) in [4.78, 5) is 2.61. The molecular weight excluding hydrogens is 248 g/mol. The predicted octanol–water partition coefficient (Wildman–Crippen LogP) is 3.05. The summed E-state index contributed by atoms with van der Waals surface area (Å²) in [5.74, 6) is 1.01. The summed E-state index contributed by atoms with van der Waals surface area (Å²) in [6.07, 6.45) is 3.97. The molecule has 0 bridgehead atoms. The normalized spacial score (nSPS) is 20.3. The standard InChI is InChI=1S/C17H28N2O/c1-14(2)18-12-16-9-6-7-11-19(16)13-15-8-4-5-10-17(15)20-3/h4-5,8,10,14,16,18H,6-7,9,11-13H2,1-3H3. The molecule has 1 aromatic carbocycles. The fourth-order valence-corrected chi connectivity index (χ4v) is 2.92. The minimum atomic E-state index is 0.560. The highest BCUT2D eigenvalue weighted by Crippen LogP contribution is 2.24. The van der Waals surface area contributed by atoms with Crippen LogP contribution in [-0.4, -0.2) is 37.2 Å². The van der Waals surface area contributed by atoms with Gasteiger partial charge in [-0.1, -0.05) is 38.5 Å². The Morgan fingerprint density at radius 2 is 2.10 bits per heavy atom. The summed E-state index contributed by atoms with van der Waals surface area (Å²) >= 11 is 0. The van der Waals surface area contributed by atoms with Crippen molar-refractivity contribution in [1.29, 1.82) is 0 Å². The molecule has 1 unspecified atom stereocenters. The van der Waals surface area contributed by atoms with E-state index >= 15 is 0 Å². The lowest BCUT2D eigenvalue weighted by molar-refractivity contribution is 0.134. The molecule has 2 rings (SSSR count). The maximum Gasteiger partial charge on any atom is 0.123 e. The highest BCUT2D eigenvalue weighted by molar-refractivity contribution is 5.33. The fraction of sp³-hybridized carbons (Fsp3) is 0.647. The SMILES string of the molecule is COc1ccccc1CN1CCCCC1CNC(C)C. The Morgan fingerprint density at radius 3 is 2.85 bits per heavy atom. The van der Waals surface area contributed by atoms with Gasteiger partial charge in [0.2, 0.25) is 0 Å². The van der Waals surface area contributed by atoms with Crippen molar-refractivity contribution < 1.29 is 4.74 Å². The molecule has 0 saturated carbocycles. The van der Waals surface area contributed by atoms with Gasteiger partial charge in [-0.3, -0.25) is 4.90 Å². The second-order valence-corrected chi connectivity index (χ2v) is 5.99. The van der Waals surface area contributed by atoms with E-state index in [4.69, 9.17) is 4.74 Å². The Bertz CT molecular complexity index is 406. The highest BCUT2D eigenvalue weighted by Gasteiger charge is 2.23. The Hall–Kier alpha value is -1.06. The number of piperidine rings is 1. The van der Waals surface area contributed by atoms with Gasteiger partial charge in [-0.05, 0) is 25.5 Å². The molecule has 0 aliphatic carbocycles. The lowest BCUT2D eigenvalue weighted by Gasteiger charge is -2.36. The van der Waals surface area contributed by atoms with Crippen LogP contribution in [0.2, 0.25) is 0 Å².